The number of nitrogens with zero attached hydrogens (tertiary/aromatic N) is 3. The zero-order chi connectivity index (χ0) is 20.7. The van der Waals surface area contributed by atoms with Gasteiger partial charge in [0.2, 0.25) is 11.8 Å². The monoisotopic (exact) mass is 405 g/mol. The summed E-state index contributed by atoms with van der Waals surface area (Å²) in [4.78, 5) is 34.4. The van der Waals surface area contributed by atoms with Crippen molar-refractivity contribution >= 4 is 17.5 Å². The molecule has 1 aromatic heterocycles. The van der Waals surface area contributed by atoms with E-state index in [0.29, 0.717) is 6.54 Å². The number of hydrogen-bond donors (Lipinski definition) is 1. The van der Waals surface area contributed by atoms with Gasteiger partial charge in [-0.1, -0.05) is 37.1 Å². The van der Waals surface area contributed by atoms with Crippen LogP contribution < -0.4 is 4.90 Å². The van der Waals surface area contributed by atoms with Crippen LogP contribution in [0.25, 0.3) is 0 Å². The number of aliphatic hydroxyl groups excluding tert-OH is 1. The van der Waals surface area contributed by atoms with Gasteiger partial charge in [-0.05, 0) is 36.6 Å². The number of fused-ring (bicyclic) bond motifs is 3. The fraction of sp³-hybridized carbons (Fsp3) is 0.458. The molecule has 1 saturated carbocycles. The molecule has 6 nitrogen and oxygen atoms in total. The van der Waals surface area contributed by atoms with Crippen LogP contribution >= 0.6 is 0 Å². The SMILES string of the molecule is O=C(C1CCCC1)N1C[C@H]2[C@@H](c3ccccc31)[C@H](CO)N2C(=O)Cc1ccccn1. The number of carbonyl (C=O) groups excluding carboxylic acids is 2. The number of amides is 2. The van der Waals surface area contributed by atoms with Gasteiger partial charge < -0.3 is 14.9 Å². The topological polar surface area (TPSA) is 73.7 Å². The average molecular weight is 405 g/mol. The molecule has 0 radical (unpaired) electrons. The number of para-hydroxylation sites is 1. The predicted molar refractivity (Wildman–Crippen MR) is 113 cm³/mol. The number of aromatic nitrogens is 1. The molecule has 1 saturated heterocycles. The van der Waals surface area contributed by atoms with Gasteiger partial charge >= 0.3 is 0 Å². The van der Waals surface area contributed by atoms with E-state index in [2.05, 4.69) is 4.98 Å². The third-order valence-electron chi connectivity index (χ3n) is 7.00. The smallest absolute Gasteiger partial charge is 0.230 e. The van der Waals surface area contributed by atoms with Gasteiger partial charge in [-0.25, -0.2) is 0 Å². The first-order chi connectivity index (χ1) is 14.7. The van der Waals surface area contributed by atoms with Gasteiger partial charge in [0.05, 0.1) is 25.1 Å². The van der Waals surface area contributed by atoms with Crippen molar-refractivity contribution in [1.29, 1.82) is 0 Å². The molecule has 2 aromatic rings. The lowest BCUT2D eigenvalue weighted by Gasteiger charge is -2.59. The van der Waals surface area contributed by atoms with Crippen molar-refractivity contribution < 1.29 is 14.7 Å². The van der Waals surface area contributed by atoms with E-state index in [9.17, 15) is 14.7 Å². The number of aliphatic hydroxyl groups is 1. The fourth-order valence-corrected chi connectivity index (χ4v) is 5.59. The van der Waals surface area contributed by atoms with Crippen molar-refractivity contribution in [3.8, 4) is 0 Å². The molecule has 6 heteroatoms. The minimum Gasteiger partial charge on any atom is -0.394 e. The molecule has 30 heavy (non-hydrogen) atoms. The molecular formula is C24H27N3O3. The van der Waals surface area contributed by atoms with Crippen molar-refractivity contribution in [3.63, 3.8) is 0 Å². The maximum Gasteiger partial charge on any atom is 0.230 e. The van der Waals surface area contributed by atoms with Crippen molar-refractivity contribution in [2.75, 3.05) is 18.1 Å². The molecule has 1 aliphatic carbocycles. The Morgan fingerprint density at radius 1 is 1.07 bits per heavy atom. The number of pyridine rings is 1. The Morgan fingerprint density at radius 2 is 1.83 bits per heavy atom. The summed E-state index contributed by atoms with van der Waals surface area (Å²) in [7, 11) is 0. The molecule has 0 spiro atoms. The maximum absolute atomic E-state index is 13.3. The molecule has 2 fully saturated rings. The maximum atomic E-state index is 13.3. The van der Waals surface area contributed by atoms with Crippen LogP contribution in [0.1, 0.15) is 42.9 Å². The normalized spacial score (nSPS) is 25.4. The number of hydrogen-bond acceptors (Lipinski definition) is 4. The summed E-state index contributed by atoms with van der Waals surface area (Å²) in [5, 5.41) is 10.1. The molecule has 2 amide bonds. The zero-order valence-corrected chi connectivity index (χ0v) is 17.0. The molecule has 156 valence electrons. The van der Waals surface area contributed by atoms with Gasteiger partial charge in [0.25, 0.3) is 0 Å². The number of rotatable bonds is 4. The highest BCUT2D eigenvalue weighted by atomic mass is 16.3. The summed E-state index contributed by atoms with van der Waals surface area (Å²) < 4.78 is 0. The lowest BCUT2D eigenvalue weighted by atomic mass is 9.71. The summed E-state index contributed by atoms with van der Waals surface area (Å²) in [5.41, 5.74) is 2.74. The van der Waals surface area contributed by atoms with Crippen molar-refractivity contribution in [2.45, 2.75) is 50.1 Å². The van der Waals surface area contributed by atoms with Crippen molar-refractivity contribution in [3.05, 3.63) is 59.9 Å². The van der Waals surface area contributed by atoms with Crippen LogP contribution in [-0.4, -0.2) is 52.0 Å². The van der Waals surface area contributed by atoms with Crippen LogP contribution in [0.15, 0.2) is 48.7 Å². The molecule has 5 rings (SSSR count). The van der Waals surface area contributed by atoms with Crippen LogP contribution in [0.3, 0.4) is 0 Å². The highest BCUT2D eigenvalue weighted by Gasteiger charge is 2.55. The Kier molecular flexibility index (Phi) is 5.03. The minimum atomic E-state index is -0.254. The van der Waals surface area contributed by atoms with Crippen LogP contribution in [0.2, 0.25) is 0 Å². The van der Waals surface area contributed by atoms with Gasteiger partial charge in [-0.15, -0.1) is 0 Å². The van der Waals surface area contributed by atoms with Crippen molar-refractivity contribution in [2.24, 2.45) is 5.92 Å². The third-order valence-corrected chi connectivity index (χ3v) is 7.00. The summed E-state index contributed by atoms with van der Waals surface area (Å²) in [5.74, 6) is 0.289. The number of carbonyl (C=O) groups is 2. The first kappa shape index (κ1) is 19.2. The summed E-state index contributed by atoms with van der Waals surface area (Å²) >= 11 is 0. The molecule has 1 aromatic carbocycles. The first-order valence-electron chi connectivity index (χ1n) is 10.9. The van der Waals surface area contributed by atoms with E-state index in [1.807, 2.05) is 47.4 Å². The summed E-state index contributed by atoms with van der Waals surface area (Å²) in [6.07, 6.45) is 6.02. The molecule has 3 heterocycles. The average Bonchev–Trinajstić information content (AvgIpc) is 3.29. The van der Waals surface area contributed by atoms with Gasteiger partial charge in [-0.2, -0.15) is 0 Å². The van der Waals surface area contributed by atoms with Crippen LogP contribution in [0.5, 0.6) is 0 Å². The first-order valence-corrected chi connectivity index (χ1v) is 10.9. The number of likely N-dealkylation sites (tertiary alicyclic amines) is 1. The Morgan fingerprint density at radius 3 is 2.57 bits per heavy atom. The van der Waals surface area contributed by atoms with Gasteiger partial charge in [0.1, 0.15) is 0 Å². The number of benzene rings is 1. The Labute approximate surface area is 176 Å². The lowest BCUT2D eigenvalue weighted by Crippen LogP contribution is -2.71. The second-order valence-electron chi connectivity index (χ2n) is 8.63. The molecule has 2 aliphatic heterocycles. The van der Waals surface area contributed by atoms with Crippen LogP contribution in [-0.2, 0) is 16.0 Å². The molecule has 3 aliphatic rings. The van der Waals surface area contributed by atoms with E-state index in [0.717, 1.165) is 42.6 Å². The quantitative estimate of drug-likeness (QED) is 0.848. The van der Waals surface area contributed by atoms with Crippen LogP contribution in [0.4, 0.5) is 5.69 Å². The second-order valence-corrected chi connectivity index (χ2v) is 8.63. The minimum absolute atomic E-state index is 0.0401. The zero-order valence-electron chi connectivity index (χ0n) is 17.0. The molecule has 3 atom stereocenters. The Balaban J connectivity index is 1.44. The van der Waals surface area contributed by atoms with E-state index in [1.54, 1.807) is 11.1 Å². The standard InChI is InChI=1S/C24H27N3O3/c28-15-21-23-18-10-3-4-11-19(18)26(24(30)16-7-1-2-8-16)14-20(23)27(21)22(29)13-17-9-5-6-12-25-17/h3-6,9-12,16,20-21,23,28H,1-2,7-8,13-15H2/t20-,21-,23+/m0/s1. The lowest BCUT2D eigenvalue weighted by molar-refractivity contribution is -0.150. The van der Waals surface area contributed by atoms with E-state index in [4.69, 9.17) is 0 Å². The largest absolute Gasteiger partial charge is 0.394 e. The molecule has 0 bridgehead atoms. The predicted octanol–water partition coefficient (Wildman–Crippen LogP) is 2.52. The van der Waals surface area contributed by atoms with Crippen LogP contribution in [0, 0.1) is 5.92 Å². The highest BCUT2D eigenvalue weighted by Crippen LogP contribution is 2.49. The molecule has 0 unspecified atom stereocenters. The molecular weight excluding hydrogens is 378 g/mol. The van der Waals surface area contributed by atoms with E-state index in [-0.39, 0.29) is 48.8 Å². The van der Waals surface area contributed by atoms with Gasteiger partial charge in [0, 0.05) is 36.0 Å². The summed E-state index contributed by atoms with van der Waals surface area (Å²) in [6, 6.07) is 13.2. The van der Waals surface area contributed by atoms with E-state index in [1.165, 1.54) is 0 Å². The van der Waals surface area contributed by atoms with Crippen molar-refractivity contribution in [1.82, 2.24) is 9.88 Å². The second kappa shape index (κ2) is 7.84. The third kappa shape index (κ3) is 3.10. The Bertz CT molecular complexity index is 942. The summed E-state index contributed by atoms with van der Waals surface area (Å²) in [6.45, 7) is 0.418. The Hall–Kier alpha value is -2.73. The van der Waals surface area contributed by atoms with Gasteiger partial charge in [0.15, 0.2) is 0 Å². The highest BCUT2D eigenvalue weighted by molar-refractivity contribution is 5.97. The van der Waals surface area contributed by atoms with E-state index < -0.39 is 0 Å². The van der Waals surface area contributed by atoms with Gasteiger partial charge in [-0.3, -0.25) is 14.6 Å². The van der Waals surface area contributed by atoms with E-state index >= 15 is 0 Å². The molecule has 1 N–H and O–H groups in total. The fourth-order valence-electron chi connectivity index (χ4n) is 5.59. The number of anilines is 1.